The summed E-state index contributed by atoms with van der Waals surface area (Å²) in [5.74, 6) is -0.750. The maximum absolute atomic E-state index is 13.8. The number of likely N-dealkylation sites (N-methyl/N-ethyl adjacent to an activating group) is 1. The number of hydrogen-bond acceptors (Lipinski definition) is 3. The van der Waals surface area contributed by atoms with Crippen molar-refractivity contribution >= 4 is 5.91 Å². The van der Waals surface area contributed by atoms with Crippen molar-refractivity contribution in [3.8, 4) is 0 Å². The highest BCUT2D eigenvalue weighted by Crippen LogP contribution is 2.21. The number of nitrogens with zero attached hydrogens (tertiary/aromatic N) is 3. The second-order valence-corrected chi connectivity index (χ2v) is 5.33. The van der Waals surface area contributed by atoms with Crippen molar-refractivity contribution in [1.29, 1.82) is 0 Å². The standard InChI is InChI=1S/C16H18FN3O3/c1-11(12-6-4-5-7-13(12)17)18(2)15(22)10-20-9-8-14(21)19(3)16(20)23/h4-9,11H,10H2,1-3H3/t11-/m1/s1. The van der Waals surface area contributed by atoms with E-state index < -0.39 is 17.3 Å². The van der Waals surface area contributed by atoms with Crippen molar-refractivity contribution in [2.75, 3.05) is 7.05 Å². The highest BCUT2D eigenvalue weighted by molar-refractivity contribution is 5.76. The Labute approximate surface area is 132 Å². The van der Waals surface area contributed by atoms with Gasteiger partial charge in [0.2, 0.25) is 5.91 Å². The van der Waals surface area contributed by atoms with Crippen molar-refractivity contribution in [3.05, 3.63) is 68.7 Å². The lowest BCUT2D eigenvalue weighted by Gasteiger charge is -2.26. The van der Waals surface area contributed by atoms with Crippen molar-refractivity contribution in [2.24, 2.45) is 7.05 Å². The summed E-state index contributed by atoms with van der Waals surface area (Å²) in [6, 6.07) is 6.97. The molecule has 1 aromatic carbocycles. The van der Waals surface area contributed by atoms with Gasteiger partial charge in [0.05, 0.1) is 6.04 Å². The molecule has 0 unspecified atom stereocenters. The summed E-state index contributed by atoms with van der Waals surface area (Å²) in [5, 5.41) is 0. The van der Waals surface area contributed by atoms with Crippen LogP contribution in [0.5, 0.6) is 0 Å². The highest BCUT2D eigenvalue weighted by Gasteiger charge is 2.20. The Morgan fingerprint density at radius 3 is 2.57 bits per heavy atom. The third-order valence-electron chi connectivity index (χ3n) is 3.90. The van der Waals surface area contributed by atoms with Crippen LogP contribution < -0.4 is 11.2 Å². The summed E-state index contributed by atoms with van der Waals surface area (Å²) in [5.41, 5.74) is -0.610. The zero-order valence-corrected chi connectivity index (χ0v) is 13.2. The fourth-order valence-corrected chi connectivity index (χ4v) is 2.23. The molecule has 0 saturated carbocycles. The molecule has 7 heteroatoms. The number of carbonyl (C=O) groups is 1. The molecule has 0 bridgehead atoms. The Kier molecular flexibility index (Phi) is 4.78. The first-order chi connectivity index (χ1) is 10.8. The molecule has 122 valence electrons. The van der Waals surface area contributed by atoms with Crippen molar-refractivity contribution < 1.29 is 9.18 Å². The number of aromatic nitrogens is 2. The number of amides is 1. The van der Waals surface area contributed by atoms with E-state index in [1.165, 1.54) is 30.3 Å². The van der Waals surface area contributed by atoms with Gasteiger partial charge < -0.3 is 4.90 Å². The maximum Gasteiger partial charge on any atom is 0.331 e. The van der Waals surface area contributed by atoms with E-state index in [-0.39, 0.29) is 18.3 Å². The third kappa shape index (κ3) is 3.39. The van der Waals surface area contributed by atoms with Crippen molar-refractivity contribution in [2.45, 2.75) is 19.5 Å². The molecule has 0 aliphatic heterocycles. The van der Waals surface area contributed by atoms with E-state index in [4.69, 9.17) is 0 Å². The first-order valence-electron chi connectivity index (χ1n) is 7.09. The number of carbonyl (C=O) groups excluding carboxylic acids is 1. The first kappa shape index (κ1) is 16.7. The molecule has 0 spiro atoms. The predicted molar refractivity (Wildman–Crippen MR) is 83.5 cm³/mol. The Balaban J connectivity index is 2.21. The van der Waals surface area contributed by atoms with Gasteiger partial charge in [0, 0.05) is 31.9 Å². The zero-order valence-electron chi connectivity index (χ0n) is 13.2. The lowest BCUT2D eigenvalue weighted by Crippen LogP contribution is -2.41. The van der Waals surface area contributed by atoms with Crippen LogP contribution in [0.4, 0.5) is 4.39 Å². The molecule has 1 amide bonds. The molecule has 0 aliphatic carbocycles. The van der Waals surface area contributed by atoms with Gasteiger partial charge in [-0.1, -0.05) is 18.2 Å². The molecule has 2 aromatic rings. The lowest BCUT2D eigenvalue weighted by molar-refractivity contribution is -0.132. The lowest BCUT2D eigenvalue weighted by atomic mass is 10.1. The number of halogens is 1. The van der Waals surface area contributed by atoms with Crippen molar-refractivity contribution in [1.82, 2.24) is 14.0 Å². The molecule has 23 heavy (non-hydrogen) atoms. The smallest absolute Gasteiger partial charge is 0.331 e. The Bertz CT molecular complexity index is 841. The topological polar surface area (TPSA) is 64.3 Å². The summed E-state index contributed by atoms with van der Waals surface area (Å²) in [6.07, 6.45) is 1.28. The molecule has 1 heterocycles. The van der Waals surface area contributed by atoms with Crippen LogP contribution in [0.15, 0.2) is 46.1 Å². The molecule has 0 N–H and O–H groups in total. The summed E-state index contributed by atoms with van der Waals surface area (Å²) in [6.45, 7) is 1.49. The normalized spacial score (nSPS) is 12.0. The Hall–Kier alpha value is -2.70. The average molecular weight is 319 g/mol. The van der Waals surface area contributed by atoms with Gasteiger partial charge in [-0.2, -0.15) is 0 Å². The molecule has 1 aromatic heterocycles. The zero-order chi connectivity index (χ0) is 17.1. The second kappa shape index (κ2) is 6.60. The number of rotatable bonds is 4. The molecule has 0 fully saturated rings. The molecule has 0 aliphatic rings. The van der Waals surface area contributed by atoms with E-state index in [1.54, 1.807) is 32.2 Å². The van der Waals surface area contributed by atoms with Gasteiger partial charge in [-0.3, -0.25) is 18.7 Å². The van der Waals surface area contributed by atoms with Crippen LogP contribution in [0.25, 0.3) is 0 Å². The minimum Gasteiger partial charge on any atom is -0.337 e. The average Bonchev–Trinajstić information content (AvgIpc) is 2.54. The van der Waals surface area contributed by atoms with Crippen LogP contribution in [0.2, 0.25) is 0 Å². The summed E-state index contributed by atoms with van der Waals surface area (Å²) >= 11 is 0. The largest absolute Gasteiger partial charge is 0.337 e. The van der Waals surface area contributed by atoms with E-state index in [0.29, 0.717) is 5.56 Å². The molecular formula is C16H18FN3O3. The second-order valence-electron chi connectivity index (χ2n) is 5.33. The van der Waals surface area contributed by atoms with Crippen LogP contribution in [-0.2, 0) is 18.4 Å². The monoisotopic (exact) mass is 319 g/mol. The van der Waals surface area contributed by atoms with Gasteiger partial charge in [0.25, 0.3) is 5.56 Å². The maximum atomic E-state index is 13.8. The Morgan fingerprint density at radius 1 is 1.26 bits per heavy atom. The minimum absolute atomic E-state index is 0.220. The van der Waals surface area contributed by atoms with Crippen LogP contribution in [0.1, 0.15) is 18.5 Å². The molecular weight excluding hydrogens is 301 g/mol. The van der Waals surface area contributed by atoms with Crippen LogP contribution in [0.3, 0.4) is 0 Å². The summed E-state index contributed by atoms with van der Waals surface area (Å²) in [4.78, 5) is 37.0. The molecule has 0 radical (unpaired) electrons. The van der Waals surface area contributed by atoms with Crippen LogP contribution >= 0.6 is 0 Å². The molecule has 0 saturated heterocycles. The van der Waals surface area contributed by atoms with Crippen molar-refractivity contribution in [3.63, 3.8) is 0 Å². The van der Waals surface area contributed by atoms with Gasteiger partial charge in [-0.25, -0.2) is 9.18 Å². The number of benzene rings is 1. The molecule has 2 rings (SSSR count). The van der Waals surface area contributed by atoms with E-state index in [0.717, 1.165) is 9.13 Å². The highest BCUT2D eigenvalue weighted by atomic mass is 19.1. The van der Waals surface area contributed by atoms with Crippen LogP contribution in [0, 0.1) is 5.82 Å². The van der Waals surface area contributed by atoms with Gasteiger partial charge in [0.15, 0.2) is 0 Å². The first-order valence-corrected chi connectivity index (χ1v) is 7.09. The summed E-state index contributed by atoms with van der Waals surface area (Å²) in [7, 11) is 2.89. The van der Waals surface area contributed by atoms with Crippen LogP contribution in [-0.4, -0.2) is 27.0 Å². The molecule has 6 nitrogen and oxygen atoms in total. The fraction of sp³-hybridized carbons (Fsp3) is 0.312. The van der Waals surface area contributed by atoms with E-state index >= 15 is 0 Å². The van der Waals surface area contributed by atoms with Gasteiger partial charge in [0.1, 0.15) is 12.4 Å². The fourth-order valence-electron chi connectivity index (χ4n) is 2.23. The number of hydrogen-bond donors (Lipinski definition) is 0. The predicted octanol–water partition coefficient (Wildman–Crippen LogP) is 0.906. The minimum atomic E-state index is -0.571. The quantitative estimate of drug-likeness (QED) is 0.841. The van der Waals surface area contributed by atoms with Gasteiger partial charge >= 0.3 is 5.69 Å². The third-order valence-corrected chi connectivity index (χ3v) is 3.90. The summed E-state index contributed by atoms with van der Waals surface area (Å²) < 4.78 is 15.9. The SMILES string of the molecule is C[C@H](c1ccccc1F)N(C)C(=O)Cn1ccc(=O)n(C)c1=O. The molecule has 1 atom stereocenters. The van der Waals surface area contributed by atoms with Gasteiger partial charge in [-0.15, -0.1) is 0 Å². The Morgan fingerprint density at radius 2 is 1.91 bits per heavy atom. The van der Waals surface area contributed by atoms with Gasteiger partial charge in [-0.05, 0) is 13.0 Å². The van der Waals surface area contributed by atoms with E-state index in [1.807, 2.05) is 0 Å². The van der Waals surface area contributed by atoms with E-state index in [2.05, 4.69) is 0 Å². The van der Waals surface area contributed by atoms with E-state index in [9.17, 15) is 18.8 Å².